The number of aryl methyl sites for hydroxylation is 1. The average Bonchev–Trinajstić information content (AvgIpc) is 2.99. The molecule has 1 spiro atoms. The van der Waals surface area contributed by atoms with Crippen molar-refractivity contribution in [1.29, 1.82) is 0 Å². The normalized spacial score (nSPS) is 27.0. The summed E-state index contributed by atoms with van der Waals surface area (Å²) in [5, 5.41) is 6.51. The van der Waals surface area contributed by atoms with E-state index in [4.69, 9.17) is 23.2 Å². The van der Waals surface area contributed by atoms with Gasteiger partial charge in [-0.05, 0) is 41.5 Å². The van der Waals surface area contributed by atoms with E-state index in [1.165, 1.54) is 17.9 Å². The van der Waals surface area contributed by atoms with Crippen LogP contribution in [0.2, 0.25) is 0 Å². The summed E-state index contributed by atoms with van der Waals surface area (Å²) in [6.07, 6.45) is 0.524. The molecule has 3 aliphatic rings. The van der Waals surface area contributed by atoms with Gasteiger partial charge in [-0.3, -0.25) is 9.48 Å². The number of carbonyl (C=O) groups excluding carboxylic acids is 1. The smallest absolute Gasteiger partial charge is 0.282 e. The minimum atomic E-state index is -2.81. The van der Waals surface area contributed by atoms with Gasteiger partial charge in [-0.25, -0.2) is 8.78 Å². The number of anilines is 1. The number of halogens is 4. The van der Waals surface area contributed by atoms with E-state index in [1.807, 2.05) is 18.2 Å². The molecule has 27 heavy (non-hydrogen) atoms. The van der Waals surface area contributed by atoms with Crippen molar-refractivity contribution in [3.05, 3.63) is 56.8 Å². The lowest BCUT2D eigenvalue weighted by atomic mass is 9.64. The number of nitrogens with one attached hydrogen (secondary N) is 1. The Morgan fingerprint density at radius 3 is 2.74 bits per heavy atom. The third-order valence-electron chi connectivity index (χ3n) is 6.21. The number of fused-ring (bicyclic) bond motifs is 2. The number of hydrogen-bond donors (Lipinski definition) is 1. The Hall–Kier alpha value is -1.92. The van der Waals surface area contributed by atoms with E-state index >= 15 is 0 Å². The van der Waals surface area contributed by atoms with Crippen LogP contribution >= 0.6 is 23.2 Å². The number of hydrogen-bond acceptors (Lipinski definition) is 2. The zero-order valence-corrected chi connectivity index (χ0v) is 15.8. The number of allylic oxidation sites excluding steroid dienone is 1. The van der Waals surface area contributed by atoms with Crippen LogP contribution in [-0.2, 0) is 12.5 Å². The topological polar surface area (TPSA) is 46.9 Å². The second-order valence-corrected chi connectivity index (χ2v) is 8.30. The zero-order valence-electron chi connectivity index (χ0n) is 14.3. The largest absolute Gasteiger partial charge is 0.322 e. The summed E-state index contributed by atoms with van der Waals surface area (Å²) < 4.78 is 27.9. The highest BCUT2D eigenvalue weighted by Gasteiger charge is 2.75. The van der Waals surface area contributed by atoms with Crippen molar-refractivity contribution >= 4 is 34.8 Å². The third kappa shape index (κ3) is 2.08. The molecule has 5 rings (SSSR count). The van der Waals surface area contributed by atoms with Gasteiger partial charge in [-0.15, -0.1) is 0 Å². The summed E-state index contributed by atoms with van der Waals surface area (Å²) in [5.41, 5.74) is 3.28. The van der Waals surface area contributed by atoms with Gasteiger partial charge >= 0.3 is 0 Å². The van der Waals surface area contributed by atoms with E-state index in [2.05, 4.69) is 10.4 Å². The van der Waals surface area contributed by atoms with Crippen molar-refractivity contribution in [3.8, 4) is 0 Å². The Kier molecular flexibility index (Phi) is 3.53. The number of benzene rings is 1. The number of carbonyl (C=O) groups is 1. The second-order valence-electron chi connectivity index (χ2n) is 7.35. The van der Waals surface area contributed by atoms with Crippen LogP contribution in [0.3, 0.4) is 0 Å². The highest BCUT2D eigenvalue weighted by Crippen LogP contribution is 2.82. The molecule has 2 fully saturated rings. The van der Waals surface area contributed by atoms with Gasteiger partial charge in [0.2, 0.25) is 0 Å². The first-order valence-electron chi connectivity index (χ1n) is 8.69. The maximum absolute atomic E-state index is 13.2. The van der Waals surface area contributed by atoms with Crippen molar-refractivity contribution in [2.45, 2.75) is 30.6 Å². The molecule has 2 saturated carbocycles. The Labute approximate surface area is 164 Å². The fourth-order valence-electron chi connectivity index (χ4n) is 5.32. The lowest BCUT2D eigenvalue weighted by Crippen LogP contribution is -2.32. The number of aromatic nitrogens is 2. The van der Waals surface area contributed by atoms with Crippen molar-refractivity contribution in [3.63, 3.8) is 0 Å². The van der Waals surface area contributed by atoms with Crippen molar-refractivity contribution < 1.29 is 13.6 Å². The van der Waals surface area contributed by atoms with E-state index in [1.54, 1.807) is 0 Å². The summed E-state index contributed by atoms with van der Waals surface area (Å²) in [6.45, 7) is 0. The fourth-order valence-corrected chi connectivity index (χ4v) is 5.90. The molecule has 3 unspecified atom stereocenters. The number of alkyl halides is 2. The van der Waals surface area contributed by atoms with Crippen LogP contribution in [0, 0.1) is 5.92 Å². The number of nitrogens with zero attached hydrogens (tertiary/aromatic N) is 2. The van der Waals surface area contributed by atoms with Crippen LogP contribution in [0.1, 0.15) is 52.4 Å². The lowest BCUT2D eigenvalue weighted by Gasteiger charge is -2.39. The predicted octanol–water partition coefficient (Wildman–Crippen LogP) is 5.06. The number of amides is 1. The molecule has 2 aromatic rings. The molecule has 1 N–H and O–H groups in total. The van der Waals surface area contributed by atoms with E-state index in [9.17, 15) is 13.6 Å². The van der Waals surface area contributed by atoms with Crippen LogP contribution in [0.4, 0.5) is 14.5 Å². The molecule has 1 aromatic carbocycles. The zero-order chi connectivity index (χ0) is 19.1. The van der Waals surface area contributed by atoms with Gasteiger partial charge in [0.05, 0.1) is 5.56 Å². The molecule has 0 saturated heterocycles. The highest BCUT2D eigenvalue weighted by molar-refractivity contribution is 6.56. The van der Waals surface area contributed by atoms with Crippen LogP contribution in [0.25, 0.3) is 0 Å². The molecule has 1 heterocycles. The number of rotatable bonds is 3. The van der Waals surface area contributed by atoms with Gasteiger partial charge in [0.1, 0.15) is 10.2 Å². The van der Waals surface area contributed by atoms with Gasteiger partial charge in [0.25, 0.3) is 12.3 Å². The Bertz CT molecular complexity index is 1030. The minimum absolute atomic E-state index is 0.0721. The van der Waals surface area contributed by atoms with Gasteiger partial charge in [-0.1, -0.05) is 35.3 Å². The van der Waals surface area contributed by atoms with Crippen molar-refractivity contribution in [1.82, 2.24) is 9.78 Å². The second kappa shape index (κ2) is 5.55. The van der Waals surface area contributed by atoms with Crippen LogP contribution in [0.5, 0.6) is 0 Å². The van der Waals surface area contributed by atoms with Gasteiger partial charge < -0.3 is 5.32 Å². The molecule has 3 atom stereocenters. The molecule has 1 aromatic heterocycles. The predicted molar refractivity (Wildman–Crippen MR) is 98.4 cm³/mol. The van der Waals surface area contributed by atoms with E-state index in [0.717, 1.165) is 29.5 Å². The van der Waals surface area contributed by atoms with Crippen molar-refractivity contribution in [2.75, 3.05) is 5.32 Å². The summed E-state index contributed by atoms with van der Waals surface area (Å²) in [5.74, 6) is 0.0684. The SMILES string of the molecule is Cn1cc(C(=O)Nc2cccc3c2C2CCC4C(=C(Cl)Cl)C342)c(C(F)F)n1. The summed E-state index contributed by atoms with van der Waals surface area (Å²) in [6, 6.07) is 5.71. The van der Waals surface area contributed by atoms with Crippen LogP contribution in [-0.4, -0.2) is 15.7 Å². The maximum Gasteiger partial charge on any atom is 0.282 e. The van der Waals surface area contributed by atoms with Crippen molar-refractivity contribution in [2.24, 2.45) is 13.0 Å². The average molecular weight is 410 g/mol. The molecule has 0 aliphatic heterocycles. The first-order valence-corrected chi connectivity index (χ1v) is 9.45. The van der Waals surface area contributed by atoms with E-state index < -0.39 is 18.0 Å². The standard InChI is InChI=1S/C19H15Cl2F2N3O/c1-26-7-8(15(25-26)17(22)23)18(27)24-12-4-2-3-9-13(12)10-5-6-11-14(16(20)21)19(9,10)11/h2-4,7,10-11,17H,5-6H2,1H3,(H,24,27). The molecular formula is C19H15Cl2F2N3O. The van der Waals surface area contributed by atoms with E-state index in [-0.39, 0.29) is 16.9 Å². The van der Waals surface area contributed by atoms with Gasteiger partial charge in [0, 0.05) is 30.3 Å². The lowest BCUT2D eigenvalue weighted by molar-refractivity contribution is 0.101. The molecular weight excluding hydrogens is 395 g/mol. The summed E-state index contributed by atoms with van der Waals surface area (Å²) in [7, 11) is 1.51. The Balaban J connectivity index is 1.50. The molecule has 4 nitrogen and oxygen atoms in total. The summed E-state index contributed by atoms with van der Waals surface area (Å²) in [4.78, 5) is 12.6. The molecule has 0 radical (unpaired) electrons. The molecule has 0 bridgehead atoms. The molecule has 140 valence electrons. The first-order chi connectivity index (χ1) is 12.9. The fraction of sp³-hybridized carbons (Fsp3) is 0.368. The quantitative estimate of drug-likeness (QED) is 0.769. The first kappa shape index (κ1) is 17.2. The monoisotopic (exact) mass is 409 g/mol. The summed E-state index contributed by atoms with van der Waals surface area (Å²) >= 11 is 12.2. The molecule has 1 amide bonds. The Morgan fingerprint density at radius 1 is 1.33 bits per heavy atom. The van der Waals surface area contributed by atoms with Crippen LogP contribution in [0.15, 0.2) is 34.5 Å². The minimum Gasteiger partial charge on any atom is -0.322 e. The highest BCUT2D eigenvalue weighted by atomic mass is 35.5. The Morgan fingerprint density at radius 2 is 2.07 bits per heavy atom. The van der Waals surface area contributed by atoms with Crippen LogP contribution < -0.4 is 5.32 Å². The molecule has 3 aliphatic carbocycles. The molecule has 8 heteroatoms. The maximum atomic E-state index is 13.2. The van der Waals surface area contributed by atoms with E-state index in [0.29, 0.717) is 16.1 Å². The van der Waals surface area contributed by atoms with Gasteiger partial charge in [0.15, 0.2) is 0 Å². The third-order valence-corrected chi connectivity index (χ3v) is 6.62. The van der Waals surface area contributed by atoms with Gasteiger partial charge in [-0.2, -0.15) is 5.10 Å².